The lowest BCUT2D eigenvalue weighted by Crippen LogP contribution is -2.49. The van der Waals surface area contributed by atoms with Crippen molar-refractivity contribution in [2.75, 3.05) is 6.54 Å². The number of amides is 2. The van der Waals surface area contributed by atoms with Crippen LogP contribution in [0.15, 0.2) is 0 Å². The molecule has 1 saturated carbocycles. The number of nitrogens with one attached hydrogen (secondary N) is 2. The van der Waals surface area contributed by atoms with Crippen molar-refractivity contribution < 1.29 is 9.59 Å². The Kier molecular flexibility index (Phi) is 6.89. The van der Waals surface area contributed by atoms with Crippen LogP contribution in [0.1, 0.15) is 59.3 Å². The molecule has 0 heterocycles. The second-order valence-corrected chi connectivity index (χ2v) is 6.01. The summed E-state index contributed by atoms with van der Waals surface area (Å²) in [7, 11) is 0. The summed E-state index contributed by atoms with van der Waals surface area (Å²) < 4.78 is 0. The van der Waals surface area contributed by atoms with Gasteiger partial charge >= 0.3 is 0 Å². The van der Waals surface area contributed by atoms with Gasteiger partial charge in [0.15, 0.2) is 0 Å². The highest BCUT2D eigenvalue weighted by Crippen LogP contribution is 2.28. The van der Waals surface area contributed by atoms with Crippen molar-refractivity contribution >= 4 is 11.8 Å². The average Bonchev–Trinajstić information content (AvgIpc) is 2.83. The summed E-state index contributed by atoms with van der Waals surface area (Å²) in [5.74, 6) is 0.767. The Bertz CT molecular complexity index is 297. The maximum absolute atomic E-state index is 12.0. The van der Waals surface area contributed by atoms with E-state index >= 15 is 0 Å². The molecule has 1 aliphatic carbocycles. The fraction of sp³-hybridized carbons (Fsp3) is 0.867. The van der Waals surface area contributed by atoms with E-state index < -0.39 is 6.04 Å². The lowest BCUT2D eigenvalue weighted by molar-refractivity contribution is -0.129. The number of rotatable bonds is 7. The molecule has 0 saturated heterocycles. The van der Waals surface area contributed by atoms with Crippen LogP contribution in [0.3, 0.4) is 0 Å². The minimum absolute atomic E-state index is 0.0587. The Morgan fingerprint density at radius 1 is 1.21 bits per heavy atom. The molecule has 1 atom stereocenters. The summed E-state index contributed by atoms with van der Waals surface area (Å²) in [6.45, 7) is 6.05. The van der Waals surface area contributed by atoms with Crippen molar-refractivity contribution in [2.24, 2.45) is 11.8 Å². The fourth-order valence-electron chi connectivity index (χ4n) is 2.77. The van der Waals surface area contributed by atoms with Gasteiger partial charge in [-0.05, 0) is 24.7 Å². The van der Waals surface area contributed by atoms with Crippen molar-refractivity contribution in [3.8, 4) is 0 Å². The molecular formula is C15H28N2O2. The van der Waals surface area contributed by atoms with Crippen molar-refractivity contribution in [3.05, 3.63) is 0 Å². The van der Waals surface area contributed by atoms with E-state index in [4.69, 9.17) is 0 Å². The van der Waals surface area contributed by atoms with Crippen molar-refractivity contribution in [3.63, 3.8) is 0 Å². The third-order valence-electron chi connectivity index (χ3n) is 3.87. The van der Waals surface area contributed by atoms with E-state index in [1.54, 1.807) is 0 Å². The standard InChI is InChI=1S/C15H28N2O2/c1-11(2)14(17-12(3)18)15(19)16-10-6-9-13-7-4-5-8-13/h11,13-14H,4-10H2,1-3H3,(H,16,19)(H,17,18). The molecule has 0 spiro atoms. The van der Waals surface area contributed by atoms with Crippen molar-refractivity contribution in [2.45, 2.75) is 65.3 Å². The number of carbonyl (C=O) groups excluding carboxylic acids is 2. The second-order valence-electron chi connectivity index (χ2n) is 6.01. The normalized spacial score (nSPS) is 17.5. The van der Waals surface area contributed by atoms with Crippen molar-refractivity contribution in [1.82, 2.24) is 10.6 Å². The molecular weight excluding hydrogens is 240 g/mol. The van der Waals surface area contributed by atoms with Crippen LogP contribution in [0.4, 0.5) is 0 Å². The van der Waals surface area contributed by atoms with Crippen LogP contribution in [-0.4, -0.2) is 24.4 Å². The molecule has 0 bridgehead atoms. The Hall–Kier alpha value is -1.06. The zero-order valence-electron chi connectivity index (χ0n) is 12.5. The highest BCUT2D eigenvalue weighted by molar-refractivity contribution is 5.86. The molecule has 1 rings (SSSR count). The molecule has 0 radical (unpaired) electrons. The lowest BCUT2D eigenvalue weighted by Gasteiger charge is -2.21. The Balaban J connectivity index is 2.21. The molecule has 2 N–H and O–H groups in total. The largest absolute Gasteiger partial charge is 0.354 e. The van der Waals surface area contributed by atoms with Gasteiger partial charge in [-0.25, -0.2) is 0 Å². The van der Waals surface area contributed by atoms with Crippen LogP contribution in [-0.2, 0) is 9.59 Å². The maximum Gasteiger partial charge on any atom is 0.242 e. The predicted octanol–water partition coefficient (Wildman–Crippen LogP) is 2.23. The van der Waals surface area contributed by atoms with Gasteiger partial charge in [0.2, 0.25) is 11.8 Å². The van der Waals surface area contributed by atoms with Gasteiger partial charge in [0.05, 0.1) is 0 Å². The molecule has 1 unspecified atom stereocenters. The van der Waals surface area contributed by atoms with Gasteiger partial charge in [0, 0.05) is 13.5 Å². The molecule has 0 aromatic heterocycles. The topological polar surface area (TPSA) is 58.2 Å². The first kappa shape index (κ1) is 16.0. The molecule has 0 aliphatic heterocycles. The fourth-order valence-corrected chi connectivity index (χ4v) is 2.77. The van der Waals surface area contributed by atoms with Gasteiger partial charge in [0.1, 0.15) is 6.04 Å². The summed E-state index contributed by atoms with van der Waals surface area (Å²) in [6.07, 6.45) is 7.71. The molecule has 110 valence electrons. The molecule has 0 aromatic rings. The Morgan fingerprint density at radius 2 is 1.84 bits per heavy atom. The summed E-state index contributed by atoms with van der Waals surface area (Å²) in [5, 5.41) is 5.65. The van der Waals surface area contributed by atoms with Crippen LogP contribution in [0, 0.1) is 11.8 Å². The second kappa shape index (κ2) is 8.18. The average molecular weight is 268 g/mol. The summed E-state index contributed by atoms with van der Waals surface area (Å²) in [4.78, 5) is 23.1. The van der Waals surface area contributed by atoms with E-state index in [2.05, 4.69) is 10.6 Å². The summed E-state index contributed by atoms with van der Waals surface area (Å²) in [5.41, 5.74) is 0. The molecule has 1 fully saturated rings. The van der Waals surface area contributed by atoms with Gasteiger partial charge < -0.3 is 10.6 Å². The molecule has 1 aliphatic rings. The zero-order chi connectivity index (χ0) is 14.3. The zero-order valence-corrected chi connectivity index (χ0v) is 12.5. The first-order valence-corrected chi connectivity index (χ1v) is 7.55. The van der Waals surface area contributed by atoms with Crippen molar-refractivity contribution in [1.29, 1.82) is 0 Å². The SMILES string of the molecule is CC(=O)NC(C(=O)NCCCC1CCCC1)C(C)C. The van der Waals surface area contributed by atoms with E-state index in [0.717, 1.165) is 18.9 Å². The van der Waals surface area contributed by atoms with E-state index in [0.29, 0.717) is 0 Å². The van der Waals surface area contributed by atoms with Gasteiger partial charge in [-0.2, -0.15) is 0 Å². The smallest absolute Gasteiger partial charge is 0.242 e. The highest BCUT2D eigenvalue weighted by Gasteiger charge is 2.22. The van der Waals surface area contributed by atoms with E-state index in [1.807, 2.05) is 13.8 Å². The number of carbonyl (C=O) groups is 2. The van der Waals surface area contributed by atoms with Crippen LogP contribution < -0.4 is 10.6 Å². The molecule has 4 nitrogen and oxygen atoms in total. The molecule has 19 heavy (non-hydrogen) atoms. The van der Waals surface area contributed by atoms with Gasteiger partial charge in [0.25, 0.3) is 0 Å². The molecule has 4 heteroatoms. The van der Waals surface area contributed by atoms with Gasteiger partial charge in [-0.3, -0.25) is 9.59 Å². The minimum atomic E-state index is -0.413. The van der Waals surface area contributed by atoms with Crippen LogP contribution in [0.5, 0.6) is 0 Å². The Morgan fingerprint density at radius 3 is 2.37 bits per heavy atom. The first-order valence-electron chi connectivity index (χ1n) is 7.55. The quantitative estimate of drug-likeness (QED) is 0.696. The van der Waals surface area contributed by atoms with Gasteiger partial charge in [-0.15, -0.1) is 0 Å². The van der Waals surface area contributed by atoms with Gasteiger partial charge in [-0.1, -0.05) is 39.5 Å². The van der Waals surface area contributed by atoms with E-state index in [9.17, 15) is 9.59 Å². The monoisotopic (exact) mass is 268 g/mol. The Labute approximate surface area is 116 Å². The van der Waals surface area contributed by atoms with Crippen LogP contribution in [0.25, 0.3) is 0 Å². The number of hydrogen-bond donors (Lipinski definition) is 2. The highest BCUT2D eigenvalue weighted by atomic mass is 16.2. The lowest BCUT2D eigenvalue weighted by atomic mass is 10.0. The summed E-state index contributed by atoms with van der Waals surface area (Å²) >= 11 is 0. The number of hydrogen-bond acceptors (Lipinski definition) is 2. The van der Waals surface area contributed by atoms with E-state index in [-0.39, 0.29) is 17.7 Å². The summed E-state index contributed by atoms with van der Waals surface area (Å²) in [6, 6.07) is -0.413. The van der Waals surface area contributed by atoms with Crippen LogP contribution >= 0.6 is 0 Å². The van der Waals surface area contributed by atoms with Crippen LogP contribution in [0.2, 0.25) is 0 Å². The predicted molar refractivity (Wildman–Crippen MR) is 76.6 cm³/mol. The first-order chi connectivity index (χ1) is 9.00. The van der Waals surface area contributed by atoms with E-state index in [1.165, 1.54) is 39.0 Å². The minimum Gasteiger partial charge on any atom is -0.354 e. The third kappa shape index (κ3) is 6.08. The maximum atomic E-state index is 12.0. The molecule has 2 amide bonds. The third-order valence-corrected chi connectivity index (χ3v) is 3.87. The molecule has 0 aromatic carbocycles.